The fraction of sp³-hybridized carbons (Fsp3) is 0.469. The predicted molar refractivity (Wildman–Crippen MR) is 185 cm³/mol. The number of carbonyl (C=O) groups is 5. The molecule has 6 N–H and O–H groups in total. The van der Waals surface area contributed by atoms with E-state index in [0.29, 0.717) is 17.7 Å². The van der Waals surface area contributed by atoms with E-state index in [2.05, 4.69) is 31.3 Å². The van der Waals surface area contributed by atoms with Gasteiger partial charge in [0, 0.05) is 42.2 Å². The Labute approximate surface area is 298 Å². The molecule has 2 rings (SSSR count). The lowest BCUT2D eigenvalue weighted by Gasteiger charge is -2.25. The first-order chi connectivity index (χ1) is 24.9. The molecular weight excluding hydrogens is 686 g/mol. The van der Waals surface area contributed by atoms with E-state index in [-0.39, 0.29) is 76.3 Å². The van der Waals surface area contributed by atoms with E-state index in [1.54, 1.807) is 38.1 Å². The number of nitro benzene ring substituents is 1. The van der Waals surface area contributed by atoms with Crippen LogP contribution < -0.4 is 31.7 Å². The number of urea groups is 1. The molecule has 0 heterocycles. The monoisotopic (exact) mass is 729 g/mol. The lowest BCUT2D eigenvalue weighted by atomic mass is 10.0. The molecule has 20 nitrogen and oxygen atoms in total. The molecule has 0 fully saturated rings. The number of hydrogen-bond acceptors (Lipinski definition) is 12. The van der Waals surface area contributed by atoms with Gasteiger partial charge in [-0.2, -0.15) is 0 Å². The summed E-state index contributed by atoms with van der Waals surface area (Å²) in [6, 6.07) is 8.41. The molecule has 0 bridgehead atoms. The molecule has 5 amide bonds. The molecule has 0 saturated carbocycles. The van der Waals surface area contributed by atoms with Crippen LogP contribution in [-0.2, 0) is 35.2 Å². The van der Waals surface area contributed by atoms with E-state index < -0.39 is 46.9 Å². The molecule has 2 atom stereocenters. The summed E-state index contributed by atoms with van der Waals surface area (Å²) in [7, 11) is 0. The number of nitrogens with two attached hydrogens (primary N) is 1. The van der Waals surface area contributed by atoms with Gasteiger partial charge >= 0.3 is 12.2 Å². The lowest BCUT2D eigenvalue weighted by molar-refractivity contribution is -0.384. The van der Waals surface area contributed by atoms with Crippen LogP contribution in [0.2, 0.25) is 0 Å². The second kappa shape index (κ2) is 23.4. The Bertz CT molecular complexity index is 1530. The average Bonchev–Trinajstić information content (AvgIpc) is 3.10. The van der Waals surface area contributed by atoms with E-state index in [0.717, 1.165) is 0 Å². The largest absolute Gasteiger partial charge is 0.514 e. The van der Waals surface area contributed by atoms with Gasteiger partial charge < -0.3 is 45.9 Å². The smallest absolute Gasteiger partial charge is 0.429 e. The quantitative estimate of drug-likeness (QED) is 0.0162. The van der Waals surface area contributed by atoms with Crippen molar-refractivity contribution < 1.29 is 47.8 Å². The topological polar surface area (TPSA) is 288 Å². The van der Waals surface area contributed by atoms with E-state index in [1.807, 2.05) is 0 Å². The molecule has 0 radical (unpaired) electrons. The van der Waals surface area contributed by atoms with Crippen LogP contribution in [0, 0.1) is 16.0 Å². The SMILES string of the molecule is CC(C)[C@H](NC(=O)CCOCCOCCN=[N+]=[N-])C(=O)N[C@@H](CCCNC(N)=O)C(=O)Nc1ccc(COC(=O)Oc2ccc([N+](=O)[O-])cc2)cc1. The predicted octanol–water partition coefficient (Wildman–Crippen LogP) is 3.06. The Morgan fingerprint density at radius 1 is 0.942 bits per heavy atom. The fourth-order valence-electron chi connectivity index (χ4n) is 4.28. The van der Waals surface area contributed by atoms with E-state index >= 15 is 0 Å². The van der Waals surface area contributed by atoms with Crippen molar-refractivity contribution in [1.29, 1.82) is 0 Å². The highest BCUT2D eigenvalue weighted by Crippen LogP contribution is 2.18. The van der Waals surface area contributed by atoms with Crippen molar-refractivity contribution >= 4 is 41.3 Å². The van der Waals surface area contributed by atoms with Crippen molar-refractivity contribution in [3.8, 4) is 5.75 Å². The number of nitrogens with zero attached hydrogens (tertiary/aromatic N) is 4. The van der Waals surface area contributed by atoms with Crippen molar-refractivity contribution in [3.05, 3.63) is 74.7 Å². The Hall–Kier alpha value is -5.98. The maximum Gasteiger partial charge on any atom is 0.514 e. The van der Waals surface area contributed by atoms with Crippen molar-refractivity contribution in [2.75, 3.05) is 44.8 Å². The number of rotatable bonds is 23. The Balaban J connectivity index is 1.92. The molecule has 2 aromatic rings. The van der Waals surface area contributed by atoms with E-state index in [1.165, 1.54) is 24.3 Å². The standard InChI is InChI=1S/C32H43N9O11/c1-21(2)28(39-27(42)13-16-49-18-19-50-17-15-36-40-34)30(44)38-26(4-3-14-35-31(33)45)29(43)37-23-7-5-22(6-8-23)20-51-32(46)52-25-11-9-24(10-12-25)41(47)48/h5-12,21,26,28H,3-4,13-20H2,1-2H3,(H,37,43)(H,38,44)(H,39,42)(H3,33,35,45)/t26-,28-/m0/s1. The molecule has 2 aromatic carbocycles. The summed E-state index contributed by atoms with van der Waals surface area (Å²) in [5, 5.41) is 24.6. The van der Waals surface area contributed by atoms with Crippen molar-refractivity contribution in [2.24, 2.45) is 16.8 Å². The van der Waals surface area contributed by atoms with Gasteiger partial charge in [0.1, 0.15) is 24.4 Å². The lowest BCUT2D eigenvalue weighted by Crippen LogP contribution is -2.54. The number of amides is 5. The average molecular weight is 730 g/mol. The van der Waals surface area contributed by atoms with Crippen LogP contribution in [0.4, 0.5) is 21.0 Å². The maximum atomic E-state index is 13.3. The molecule has 282 valence electrons. The molecule has 0 spiro atoms. The van der Waals surface area contributed by atoms with Crippen molar-refractivity contribution in [2.45, 2.75) is 51.8 Å². The van der Waals surface area contributed by atoms with Gasteiger partial charge in [0.05, 0.1) is 31.4 Å². The summed E-state index contributed by atoms with van der Waals surface area (Å²) >= 11 is 0. The molecule has 0 aliphatic carbocycles. The Morgan fingerprint density at radius 2 is 1.62 bits per heavy atom. The van der Waals surface area contributed by atoms with Crippen LogP contribution in [0.15, 0.2) is 53.6 Å². The van der Waals surface area contributed by atoms with Crippen LogP contribution in [0.5, 0.6) is 5.75 Å². The van der Waals surface area contributed by atoms with Crippen molar-refractivity contribution in [1.82, 2.24) is 16.0 Å². The van der Waals surface area contributed by atoms with Gasteiger partial charge in [0.15, 0.2) is 0 Å². The molecule has 0 unspecified atom stereocenters. The molecule has 0 aliphatic rings. The molecule has 0 saturated heterocycles. The van der Waals surface area contributed by atoms with Gasteiger partial charge in [0.2, 0.25) is 17.7 Å². The number of hydrogen-bond donors (Lipinski definition) is 5. The highest BCUT2D eigenvalue weighted by Gasteiger charge is 2.29. The summed E-state index contributed by atoms with van der Waals surface area (Å²) in [5.74, 6) is -1.86. The first-order valence-electron chi connectivity index (χ1n) is 16.2. The number of benzene rings is 2. The van der Waals surface area contributed by atoms with Gasteiger partial charge in [0.25, 0.3) is 5.69 Å². The number of anilines is 1. The minimum absolute atomic E-state index is 0.0278. The van der Waals surface area contributed by atoms with Crippen LogP contribution in [0.1, 0.15) is 38.7 Å². The van der Waals surface area contributed by atoms with Crippen LogP contribution in [0.25, 0.3) is 10.4 Å². The maximum absolute atomic E-state index is 13.3. The van der Waals surface area contributed by atoms with Gasteiger partial charge in [-0.25, -0.2) is 9.59 Å². The summed E-state index contributed by atoms with van der Waals surface area (Å²) in [6.07, 6.45) is -0.640. The summed E-state index contributed by atoms with van der Waals surface area (Å²) in [6.45, 7) is 4.45. The Morgan fingerprint density at radius 3 is 2.23 bits per heavy atom. The number of azide groups is 1. The zero-order valence-electron chi connectivity index (χ0n) is 28.8. The minimum Gasteiger partial charge on any atom is -0.429 e. The van der Waals surface area contributed by atoms with Gasteiger partial charge in [-0.15, -0.1) is 0 Å². The normalized spacial score (nSPS) is 11.7. The van der Waals surface area contributed by atoms with E-state index in [9.17, 15) is 34.1 Å². The highest BCUT2D eigenvalue weighted by molar-refractivity contribution is 5.98. The minimum atomic E-state index is -1.06. The van der Waals surface area contributed by atoms with E-state index in [4.69, 9.17) is 30.2 Å². The second-order valence-corrected chi connectivity index (χ2v) is 11.3. The third-order valence-corrected chi connectivity index (χ3v) is 6.94. The van der Waals surface area contributed by atoms with Crippen molar-refractivity contribution in [3.63, 3.8) is 0 Å². The highest BCUT2D eigenvalue weighted by atomic mass is 16.7. The van der Waals surface area contributed by atoms with Gasteiger partial charge in [-0.05, 0) is 54.1 Å². The van der Waals surface area contributed by atoms with Crippen LogP contribution in [0.3, 0.4) is 0 Å². The van der Waals surface area contributed by atoms with Gasteiger partial charge in [-0.3, -0.25) is 24.5 Å². The Kier molecular flexibility index (Phi) is 19.0. The van der Waals surface area contributed by atoms with Crippen LogP contribution in [-0.4, -0.2) is 86.4 Å². The molecule has 52 heavy (non-hydrogen) atoms. The summed E-state index contributed by atoms with van der Waals surface area (Å²) in [4.78, 5) is 75.2. The molecule has 0 aromatic heterocycles. The summed E-state index contributed by atoms with van der Waals surface area (Å²) < 4.78 is 20.7. The number of nitrogens with one attached hydrogen (secondary N) is 4. The number of non-ortho nitro benzene ring substituents is 1. The van der Waals surface area contributed by atoms with Crippen LogP contribution >= 0.6 is 0 Å². The number of nitro groups is 1. The third-order valence-electron chi connectivity index (χ3n) is 6.94. The molecular formula is C32H43N9O11. The molecule has 20 heteroatoms. The zero-order chi connectivity index (χ0) is 38.3. The third kappa shape index (κ3) is 17.1. The second-order valence-electron chi connectivity index (χ2n) is 11.3. The number of ether oxygens (including phenoxy) is 4. The first kappa shape index (κ1) is 42.2. The number of primary amides is 1. The molecule has 0 aliphatic heterocycles. The summed E-state index contributed by atoms with van der Waals surface area (Å²) in [5.41, 5.74) is 14.1. The zero-order valence-corrected chi connectivity index (χ0v) is 28.8. The van der Waals surface area contributed by atoms with Gasteiger partial charge in [-0.1, -0.05) is 31.1 Å². The number of carbonyl (C=O) groups excluding carboxylic acids is 5. The fourth-order valence-corrected chi connectivity index (χ4v) is 4.28. The first-order valence-corrected chi connectivity index (χ1v) is 16.2.